The smallest absolute Gasteiger partial charge is 0.266 e. The van der Waals surface area contributed by atoms with Gasteiger partial charge in [-0.3, -0.25) is 9.10 Å². The molecule has 0 fully saturated rings. The molecule has 0 spiro atoms. The summed E-state index contributed by atoms with van der Waals surface area (Å²) in [6.07, 6.45) is 1.84. The maximum Gasteiger partial charge on any atom is 0.266 e. The van der Waals surface area contributed by atoms with Crippen LogP contribution in [0.2, 0.25) is 5.02 Å². The van der Waals surface area contributed by atoms with E-state index in [2.05, 4.69) is 4.98 Å². The highest BCUT2D eigenvalue weighted by Crippen LogP contribution is 2.36. The minimum atomic E-state index is -3.76. The van der Waals surface area contributed by atoms with Gasteiger partial charge in [-0.15, -0.1) is 0 Å². The van der Waals surface area contributed by atoms with Gasteiger partial charge in [-0.25, -0.2) is 8.42 Å². The van der Waals surface area contributed by atoms with E-state index in [1.165, 1.54) is 16.6 Å². The molecule has 0 bridgehead atoms. The van der Waals surface area contributed by atoms with Gasteiger partial charge in [0.15, 0.2) is 0 Å². The minimum Gasteiger partial charge on any atom is -0.326 e. The summed E-state index contributed by atoms with van der Waals surface area (Å²) in [6.45, 7) is 1.85. The number of halogens is 1. The molecular weight excluding hydrogens is 312 g/mol. The first-order valence-corrected chi connectivity index (χ1v) is 8.23. The van der Waals surface area contributed by atoms with Crippen LogP contribution < -0.4 is 9.86 Å². The van der Waals surface area contributed by atoms with Crippen molar-refractivity contribution in [3.63, 3.8) is 0 Å². The van der Waals surface area contributed by atoms with Crippen LogP contribution in [0.25, 0.3) is 0 Å². The van der Waals surface area contributed by atoms with Gasteiger partial charge in [0.25, 0.3) is 15.6 Å². The fourth-order valence-corrected chi connectivity index (χ4v) is 4.53. The minimum absolute atomic E-state index is 0.0179. The lowest BCUT2D eigenvalue weighted by atomic mass is 10.1. The van der Waals surface area contributed by atoms with Crippen LogP contribution >= 0.6 is 11.6 Å². The van der Waals surface area contributed by atoms with E-state index in [0.29, 0.717) is 12.1 Å². The Kier molecular flexibility index (Phi) is 3.30. The third-order valence-corrected chi connectivity index (χ3v) is 5.72. The molecule has 2 aromatic rings. The van der Waals surface area contributed by atoms with E-state index in [-0.39, 0.29) is 16.0 Å². The Morgan fingerprint density at radius 1 is 1.33 bits per heavy atom. The number of hydrogen-bond acceptors (Lipinski definition) is 3. The summed E-state index contributed by atoms with van der Waals surface area (Å²) in [5.74, 6) is 0. The van der Waals surface area contributed by atoms with E-state index in [9.17, 15) is 13.2 Å². The van der Waals surface area contributed by atoms with Crippen molar-refractivity contribution in [1.82, 2.24) is 4.98 Å². The fourth-order valence-electron chi connectivity index (χ4n) is 2.60. The lowest BCUT2D eigenvalue weighted by Crippen LogP contribution is -2.36. The quantitative estimate of drug-likeness (QED) is 0.920. The SMILES string of the molecule is CC1Cc2ccccc2N1S(=O)(=O)c1c[nH]c(=O)c(Cl)c1. The molecule has 1 aromatic carbocycles. The monoisotopic (exact) mass is 324 g/mol. The van der Waals surface area contributed by atoms with Gasteiger partial charge in [0, 0.05) is 12.2 Å². The molecule has 1 N–H and O–H groups in total. The Labute approximate surface area is 127 Å². The molecule has 1 aliphatic heterocycles. The predicted molar refractivity (Wildman–Crippen MR) is 81.3 cm³/mol. The number of H-pyrrole nitrogens is 1. The predicted octanol–water partition coefficient (Wildman–Crippen LogP) is 2.17. The molecule has 21 heavy (non-hydrogen) atoms. The van der Waals surface area contributed by atoms with Gasteiger partial charge in [-0.1, -0.05) is 29.8 Å². The van der Waals surface area contributed by atoms with E-state index in [0.717, 1.165) is 5.56 Å². The molecule has 7 heteroatoms. The van der Waals surface area contributed by atoms with E-state index >= 15 is 0 Å². The zero-order chi connectivity index (χ0) is 15.2. The van der Waals surface area contributed by atoms with Gasteiger partial charge in [0.1, 0.15) is 9.92 Å². The summed E-state index contributed by atoms with van der Waals surface area (Å²) in [5.41, 5.74) is 1.15. The fraction of sp³-hybridized carbons (Fsp3) is 0.214. The topological polar surface area (TPSA) is 70.2 Å². The zero-order valence-corrected chi connectivity index (χ0v) is 12.8. The van der Waals surface area contributed by atoms with Crippen LogP contribution in [0.3, 0.4) is 0 Å². The molecule has 0 amide bonds. The summed E-state index contributed by atoms with van der Waals surface area (Å²) in [6, 6.07) is 8.39. The Hall–Kier alpha value is -1.79. The number of nitrogens with zero attached hydrogens (tertiary/aromatic N) is 1. The van der Waals surface area contributed by atoms with Crippen LogP contribution in [0, 0.1) is 0 Å². The summed E-state index contributed by atoms with van der Waals surface area (Å²) in [7, 11) is -3.76. The second kappa shape index (κ2) is 4.89. The maximum atomic E-state index is 12.8. The first kappa shape index (κ1) is 14.2. The van der Waals surface area contributed by atoms with Crippen molar-refractivity contribution in [1.29, 1.82) is 0 Å². The van der Waals surface area contributed by atoms with Gasteiger partial charge < -0.3 is 4.98 Å². The molecule has 5 nitrogen and oxygen atoms in total. The number of nitrogens with one attached hydrogen (secondary N) is 1. The van der Waals surface area contributed by atoms with Gasteiger partial charge in [-0.05, 0) is 31.0 Å². The molecule has 1 atom stereocenters. The van der Waals surface area contributed by atoms with Crippen LogP contribution in [0.5, 0.6) is 0 Å². The molecule has 0 radical (unpaired) electrons. The number of rotatable bonds is 2. The Morgan fingerprint density at radius 2 is 2.05 bits per heavy atom. The first-order chi connectivity index (χ1) is 9.91. The van der Waals surface area contributed by atoms with Crippen molar-refractivity contribution in [3.8, 4) is 0 Å². The van der Waals surface area contributed by atoms with Gasteiger partial charge in [0.05, 0.1) is 5.69 Å². The molecule has 1 unspecified atom stereocenters. The number of sulfonamides is 1. The van der Waals surface area contributed by atoms with Crippen LogP contribution in [0.1, 0.15) is 12.5 Å². The number of fused-ring (bicyclic) bond motifs is 1. The average molecular weight is 325 g/mol. The van der Waals surface area contributed by atoms with E-state index in [1.54, 1.807) is 12.1 Å². The lowest BCUT2D eigenvalue weighted by Gasteiger charge is -2.24. The van der Waals surface area contributed by atoms with Gasteiger partial charge >= 0.3 is 0 Å². The van der Waals surface area contributed by atoms with Gasteiger partial charge in [0.2, 0.25) is 0 Å². The highest BCUT2D eigenvalue weighted by molar-refractivity contribution is 7.92. The van der Waals surface area contributed by atoms with Crippen molar-refractivity contribution in [2.45, 2.75) is 24.3 Å². The summed E-state index contributed by atoms with van der Waals surface area (Å²) >= 11 is 5.74. The molecular formula is C14H13ClN2O3S. The molecule has 1 aromatic heterocycles. The molecule has 0 aliphatic carbocycles. The van der Waals surface area contributed by atoms with E-state index in [1.807, 2.05) is 19.1 Å². The van der Waals surface area contributed by atoms with E-state index in [4.69, 9.17) is 11.6 Å². The molecule has 2 heterocycles. The second-order valence-electron chi connectivity index (χ2n) is 5.00. The van der Waals surface area contributed by atoms with Crippen LogP contribution in [0.15, 0.2) is 46.2 Å². The Morgan fingerprint density at radius 3 is 2.76 bits per heavy atom. The maximum absolute atomic E-state index is 12.8. The largest absolute Gasteiger partial charge is 0.326 e. The van der Waals surface area contributed by atoms with Crippen molar-refractivity contribution in [2.24, 2.45) is 0 Å². The molecule has 110 valence electrons. The average Bonchev–Trinajstić information content (AvgIpc) is 2.78. The summed E-state index contributed by atoms with van der Waals surface area (Å²) < 4.78 is 27.0. The summed E-state index contributed by atoms with van der Waals surface area (Å²) in [5, 5.41) is -0.142. The molecule has 0 saturated carbocycles. The molecule has 1 aliphatic rings. The standard InChI is InChI=1S/C14H13ClN2O3S/c1-9-6-10-4-2-3-5-13(10)17(9)21(19,20)11-7-12(15)14(18)16-8-11/h2-5,7-9H,6H2,1H3,(H,16,18). The van der Waals surface area contributed by atoms with Crippen molar-refractivity contribution in [3.05, 3.63) is 57.5 Å². The number of hydrogen-bond donors (Lipinski definition) is 1. The molecule has 0 saturated heterocycles. The summed E-state index contributed by atoms with van der Waals surface area (Å²) in [4.78, 5) is 13.6. The first-order valence-electron chi connectivity index (χ1n) is 6.42. The third kappa shape index (κ3) is 2.24. The van der Waals surface area contributed by atoms with Crippen molar-refractivity contribution in [2.75, 3.05) is 4.31 Å². The normalized spacial score (nSPS) is 17.8. The second-order valence-corrected chi connectivity index (χ2v) is 7.22. The number of aromatic nitrogens is 1. The highest BCUT2D eigenvalue weighted by Gasteiger charge is 2.36. The number of benzene rings is 1. The third-order valence-electron chi connectivity index (χ3n) is 3.53. The van der Waals surface area contributed by atoms with Crippen molar-refractivity contribution >= 4 is 27.3 Å². The highest BCUT2D eigenvalue weighted by atomic mass is 35.5. The van der Waals surface area contributed by atoms with Crippen LogP contribution in [0.4, 0.5) is 5.69 Å². The number of aromatic amines is 1. The number of anilines is 1. The molecule has 3 rings (SSSR count). The zero-order valence-electron chi connectivity index (χ0n) is 11.2. The van der Waals surface area contributed by atoms with Gasteiger partial charge in [-0.2, -0.15) is 0 Å². The Balaban J connectivity index is 2.14. The number of pyridine rings is 1. The van der Waals surface area contributed by atoms with Crippen LogP contribution in [-0.4, -0.2) is 19.4 Å². The van der Waals surface area contributed by atoms with E-state index < -0.39 is 15.6 Å². The number of para-hydroxylation sites is 1. The van der Waals surface area contributed by atoms with Crippen molar-refractivity contribution < 1.29 is 8.42 Å². The lowest BCUT2D eigenvalue weighted by molar-refractivity contribution is 0.583. The van der Waals surface area contributed by atoms with Crippen LogP contribution in [-0.2, 0) is 16.4 Å². The Bertz CT molecular complexity index is 861.